The monoisotopic (exact) mass is 420 g/mol. The molecule has 28 heavy (non-hydrogen) atoms. The normalized spacial score (nSPS) is 23.7. The lowest BCUT2D eigenvalue weighted by Gasteiger charge is -2.30. The molecule has 1 saturated carbocycles. The van der Waals surface area contributed by atoms with E-state index in [1.165, 1.54) is 17.1 Å². The number of benzene rings is 1. The predicted molar refractivity (Wildman–Crippen MR) is 107 cm³/mol. The lowest BCUT2D eigenvalue weighted by atomic mass is 10.0. The summed E-state index contributed by atoms with van der Waals surface area (Å²) in [5.41, 5.74) is 0.962. The molecular weight excluding hydrogens is 399 g/mol. The number of hydrogen-bond donors (Lipinski definition) is 0. The van der Waals surface area contributed by atoms with Gasteiger partial charge >= 0.3 is 6.03 Å². The maximum atomic E-state index is 12.6. The van der Waals surface area contributed by atoms with E-state index in [-0.39, 0.29) is 18.0 Å². The Balaban J connectivity index is 1.41. The van der Waals surface area contributed by atoms with Crippen molar-refractivity contribution < 1.29 is 9.59 Å². The molecule has 2 aromatic rings. The molecule has 8 heteroatoms. The van der Waals surface area contributed by atoms with Gasteiger partial charge in [0.05, 0.1) is 17.4 Å². The van der Waals surface area contributed by atoms with Gasteiger partial charge in [0.25, 0.3) is 0 Å². The first kappa shape index (κ1) is 19.3. The molecule has 2 atom stereocenters. The van der Waals surface area contributed by atoms with Crippen LogP contribution in [0.1, 0.15) is 25.3 Å². The van der Waals surface area contributed by atoms with Gasteiger partial charge in [0.1, 0.15) is 0 Å². The van der Waals surface area contributed by atoms with Crippen LogP contribution in [-0.2, 0) is 11.3 Å². The van der Waals surface area contributed by atoms with Gasteiger partial charge in [0.2, 0.25) is 5.91 Å². The van der Waals surface area contributed by atoms with Crippen molar-refractivity contribution >= 4 is 35.1 Å². The Bertz CT molecular complexity index is 886. The zero-order chi connectivity index (χ0) is 19.8. The summed E-state index contributed by atoms with van der Waals surface area (Å²) in [6.07, 6.45) is 4.80. The molecule has 2 fully saturated rings. The molecule has 0 spiro atoms. The molecule has 0 N–H and O–H groups in total. The van der Waals surface area contributed by atoms with Gasteiger partial charge in [0.15, 0.2) is 0 Å². The van der Waals surface area contributed by atoms with E-state index in [1.807, 2.05) is 34.1 Å². The quantitative estimate of drug-likeness (QED) is 0.755. The number of fused-ring (bicyclic) bond motifs is 1. The summed E-state index contributed by atoms with van der Waals surface area (Å²) < 4.78 is 1.29. The largest absolute Gasteiger partial charge is 0.344 e. The summed E-state index contributed by atoms with van der Waals surface area (Å²) in [5.74, 6) is 0.852. The average molecular weight is 421 g/mol. The van der Waals surface area contributed by atoms with Gasteiger partial charge in [-0.15, -0.1) is 0 Å². The number of aromatic nitrogens is 2. The van der Waals surface area contributed by atoms with Crippen LogP contribution in [0.3, 0.4) is 0 Å². The predicted octanol–water partition coefficient (Wildman–Crippen LogP) is 3.92. The van der Waals surface area contributed by atoms with E-state index in [1.54, 1.807) is 6.92 Å². The first-order chi connectivity index (χ1) is 13.4. The van der Waals surface area contributed by atoms with Gasteiger partial charge in [-0.2, -0.15) is 9.78 Å². The van der Waals surface area contributed by atoms with Crippen molar-refractivity contribution in [3.63, 3.8) is 0 Å². The molecule has 0 bridgehead atoms. The number of hydrogen-bond acceptors (Lipinski definition) is 3. The SMILES string of the molecule is CC(=O)N(Cc1ccccc1Cl)C1CC2CN(C(=O)n3cc(Cl)cn3)CC2C1. The average Bonchev–Trinajstić information content (AvgIpc) is 3.34. The Labute approximate surface area is 174 Å². The Kier molecular flexibility index (Phi) is 5.34. The van der Waals surface area contributed by atoms with Crippen LogP contribution < -0.4 is 0 Å². The van der Waals surface area contributed by atoms with E-state index in [2.05, 4.69) is 5.10 Å². The molecule has 1 saturated heterocycles. The molecule has 2 unspecified atom stereocenters. The van der Waals surface area contributed by atoms with Crippen LogP contribution >= 0.6 is 23.2 Å². The molecule has 1 aliphatic heterocycles. The molecule has 4 rings (SSSR count). The fraction of sp³-hybridized carbons (Fsp3) is 0.450. The van der Waals surface area contributed by atoms with E-state index in [9.17, 15) is 9.59 Å². The molecule has 1 aromatic carbocycles. The Hall–Kier alpha value is -2.05. The second kappa shape index (κ2) is 7.76. The van der Waals surface area contributed by atoms with E-state index >= 15 is 0 Å². The summed E-state index contributed by atoms with van der Waals surface area (Å²) in [4.78, 5) is 28.7. The van der Waals surface area contributed by atoms with Gasteiger partial charge in [-0.1, -0.05) is 41.4 Å². The second-order valence-corrected chi connectivity index (χ2v) is 8.52. The van der Waals surface area contributed by atoms with E-state index in [0.717, 1.165) is 18.4 Å². The van der Waals surface area contributed by atoms with Crippen molar-refractivity contribution in [2.45, 2.75) is 32.4 Å². The minimum atomic E-state index is -0.141. The summed E-state index contributed by atoms with van der Waals surface area (Å²) >= 11 is 12.2. The van der Waals surface area contributed by atoms with Crippen molar-refractivity contribution in [3.8, 4) is 0 Å². The zero-order valence-electron chi connectivity index (χ0n) is 15.6. The number of rotatable bonds is 3. The zero-order valence-corrected chi connectivity index (χ0v) is 17.1. The van der Waals surface area contributed by atoms with Crippen LogP contribution in [0.4, 0.5) is 4.79 Å². The lowest BCUT2D eigenvalue weighted by molar-refractivity contribution is -0.131. The molecule has 2 heterocycles. The third-order valence-corrected chi connectivity index (χ3v) is 6.45. The van der Waals surface area contributed by atoms with Crippen molar-refractivity contribution in [2.24, 2.45) is 11.8 Å². The number of amides is 2. The molecule has 6 nitrogen and oxygen atoms in total. The van der Waals surface area contributed by atoms with Gasteiger partial charge in [-0.05, 0) is 36.3 Å². The van der Waals surface area contributed by atoms with Crippen molar-refractivity contribution in [1.29, 1.82) is 0 Å². The van der Waals surface area contributed by atoms with Gasteiger partial charge < -0.3 is 9.80 Å². The summed E-state index contributed by atoms with van der Waals surface area (Å²) in [6.45, 7) is 3.51. The number of nitrogens with zero attached hydrogens (tertiary/aromatic N) is 4. The third kappa shape index (κ3) is 3.76. The van der Waals surface area contributed by atoms with Crippen LogP contribution in [0.25, 0.3) is 0 Å². The van der Waals surface area contributed by atoms with Crippen LogP contribution in [0, 0.1) is 11.8 Å². The smallest absolute Gasteiger partial charge is 0.336 e. The standard InChI is InChI=1S/C20H22Cl2N4O2/c1-13(27)25(11-14-4-2-3-5-19(14)22)18-6-15-9-24(10-16(15)7-18)20(28)26-12-17(21)8-23-26/h2-5,8,12,15-16,18H,6-7,9-11H2,1H3. The van der Waals surface area contributed by atoms with Crippen LogP contribution in [0.15, 0.2) is 36.7 Å². The van der Waals surface area contributed by atoms with E-state index in [0.29, 0.717) is 41.5 Å². The molecule has 1 aromatic heterocycles. The minimum Gasteiger partial charge on any atom is -0.336 e. The fourth-order valence-corrected chi connectivity index (χ4v) is 4.87. The highest BCUT2D eigenvalue weighted by Crippen LogP contribution is 2.41. The summed E-state index contributed by atoms with van der Waals surface area (Å²) in [6, 6.07) is 7.68. The molecule has 1 aliphatic carbocycles. The highest BCUT2D eigenvalue weighted by atomic mass is 35.5. The highest BCUT2D eigenvalue weighted by molar-refractivity contribution is 6.31. The fourth-order valence-electron chi connectivity index (χ4n) is 4.54. The van der Waals surface area contributed by atoms with Crippen molar-refractivity contribution in [3.05, 3.63) is 52.3 Å². The van der Waals surface area contributed by atoms with Gasteiger partial charge in [0, 0.05) is 37.6 Å². The Morgan fingerprint density at radius 1 is 1.18 bits per heavy atom. The molecule has 2 amide bonds. The van der Waals surface area contributed by atoms with Crippen LogP contribution in [0.5, 0.6) is 0 Å². The van der Waals surface area contributed by atoms with Crippen molar-refractivity contribution in [1.82, 2.24) is 19.6 Å². The molecule has 148 valence electrons. The second-order valence-electron chi connectivity index (χ2n) is 7.67. The van der Waals surface area contributed by atoms with Gasteiger partial charge in [-0.3, -0.25) is 4.79 Å². The minimum absolute atomic E-state index is 0.0593. The molecule has 0 radical (unpaired) electrons. The van der Waals surface area contributed by atoms with Crippen molar-refractivity contribution in [2.75, 3.05) is 13.1 Å². The Morgan fingerprint density at radius 2 is 1.86 bits per heavy atom. The first-order valence-electron chi connectivity index (χ1n) is 9.42. The van der Waals surface area contributed by atoms with E-state index < -0.39 is 0 Å². The maximum Gasteiger partial charge on any atom is 0.344 e. The summed E-state index contributed by atoms with van der Waals surface area (Å²) in [5, 5.41) is 5.13. The number of halogens is 2. The van der Waals surface area contributed by atoms with Gasteiger partial charge in [-0.25, -0.2) is 4.79 Å². The Morgan fingerprint density at radius 3 is 2.43 bits per heavy atom. The topological polar surface area (TPSA) is 58.4 Å². The van der Waals surface area contributed by atoms with Crippen LogP contribution in [0.2, 0.25) is 10.0 Å². The van der Waals surface area contributed by atoms with E-state index in [4.69, 9.17) is 23.2 Å². The molecular formula is C20H22Cl2N4O2. The lowest BCUT2D eigenvalue weighted by Crippen LogP contribution is -2.39. The number of carbonyl (C=O) groups is 2. The molecule has 2 aliphatic rings. The maximum absolute atomic E-state index is 12.6. The summed E-state index contributed by atoms with van der Waals surface area (Å²) in [7, 11) is 0. The highest BCUT2D eigenvalue weighted by Gasteiger charge is 2.44. The number of likely N-dealkylation sites (tertiary alicyclic amines) is 1. The van der Waals surface area contributed by atoms with Crippen LogP contribution in [-0.4, -0.2) is 50.6 Å². The first-order valence-corrected chi connectivity index (χ1v) is 10.2. The third-order valence-electron chi connectivity index (χ3n) is 5.89. The number of carbonyl (C=O) groups excluding carboxylic acids is 2.